The van der Waals surface area contributed by atoms with E-state index in [-0.39, 0.29) is 0 Å². The molecule has 1 fully saturated rings. The van der Waals surface area contributed by atoms with Crippen molar-refractivity contribution in [2.75, 3.05) is 24.5 Å². The normalized spacial score (nSPS) is 20.1. The van der Waals surface area contributed by atoms with E-state index in [1.54, 1.807) is 0 Å². The molecule has 1 aromatic rings. The number of benzene rings is 1. The van der Waals surface area contributed by atoms with Crippen LogP contribution in [-0.4, -0.2) is 25.7 Å². The predicted octanol–water partition coefficient (Wildman–Crippen LogP) is 3.52. The van der Waals surface area contributed by atoms with Gasteiger partial charge in [-0.15, -0.1) is 0 Å². The molecule has 1 aliphatic rings. The Morgan fingerprint density at radius 2 is 2.05 bits per heavy atom. The van der Waals surface area contributed by atoms with Gasteiger partial charge in [-0.3, -0.25) is 0 Å². The van der Waals surface area contributed by atoms with Gasteiger partial charge in [0.25, 0.3) is 0 Å². The summed E-state index contributed by atoms with van der Waals surface area (Å²) < 4.78 is 0. The second-order valence-electron chi connectivity index (χ2n) is 6.36. The number of aryl methyl sites for hydroxylation is 2. The summed E-state index contributed by atoms with van der Waals surface area (Å²) in [5.41, 5.74) is 4.17. The summed E-state index contributed by atoms with van der Waals surface area (Å²) in [4.78, 5) is 2.54. The van der Waals surface area contributed by atoms with E-state index in [4.69, 9.17) is 0 Å². The molecule has 2 nitrogen and oxygen atoms in total. The Kier molecular flexibility index (Phi) is 4.87. The first-order chi connectivity index (χ1) is 9.06. The molecular weight excluding hydrogens is 232 g/mol. The van der Waals surface area contributed by atoms with Gasteiger partial charge >= 0.3 is 0 Å². The molecule has 1 unspecified atom stereocenters. The summed E-state index contributed by atoms with van der Waals surface area (Å²) in [5, 5.41) is 3.71. The predicted molar refractivity (Wildman–Crippen MR) is 84.0 cm³/mol. The number of rotatable bonds is 4. The Labute approximate surface area is 118 Å². The molecule has 1 aliphatic heterocycles. The van der Waals surface area contributed by atoms with Crippen LogP contribution in [0.1, 0.15) is 37.8 Å². The lowest BCUT2D eigenvalue weighted by molar-refractivity contribution is 0.399. The summed E-state index contributed by atoms with van der Waals surface area (Å²) in [6.07, 6.45) is 2.61. The highest BCUT2D eigenvalue weighted by molar-refractivity contribution is 5.51. The zero-order valence-electron chi connectivity index (χ0n) is 12.9. The first-order valence-electron chi connectivity index (χ1n) is 7.62. The standard InChI is InChI=1S/C17H28N2/c1-13(2)11-18-16-6-5-9-19(12-16)17-8-7-14(3)15(4)10-17/h7-8,10,13,16,18H,5-6,9,11-12H2,1-4H3. The van der Waals surface area contributed by atoms with E-state index in [2.05, 4.69) is 56.1 Å². The molecule has 2 rings (SSSR count). The second-order valence-corrected chi connectivity index (χ2v) is 6.36. The quantitative estimate of drug-likeness (QED) is 0.891. The molecule has 0 bridgehead atoms. The van der Waals surface area contributed by atoms with Gasteiger partial charge in [0.05, 0.1) is 0 Å². The highest BCUT2D eigenvalue weighted by atomic mass is 15.2. The lowest BCUT2D eigenvalue weighted by atomic mass is 10.0. The third kappa shape index (κ3) is 3.97. The number of anilines is 1. The monoisotopic (exact) mass is 260 g/mol. The fraction of sp³-hybridized carbons (Fsp3) is 0.647. The Bertz CT molecular complexity index is 412. The SMILES string of the molecule is Cc1ccc(N2CCCC(NCC(C)C)C2)cc1C. The van der Waals surface area contributed by atoms with Crippen LogP contribution in [0, 0.1) is 19.8 Å². The van der Waals surface area contributed by atoms with Gasteiger partial charge in [0.15, 0.2) is 0 Å². The van der Waals surface area contributed by atoms with Gasteiger partial charge in [-0.25, -0.2) is 0 Å². The number of piperidine rings is 1. The number of hydrogen-bond acceptors (Lipinski definition) is 2. The van der Waals surface area contributed by atoms with Gasteiger partial charge in [-0.05, 0) is 62.4 Å². The van der Waals surface area contributed by atoms with Gasteiger partial charge in [0.2, 0.25) is 0 Å². The van der Waals surface area contributed by atoms with Crippen LogP contribution in [0.5, 0.6) is 0 Å². The third-order valence-electron chi connectivity index (χ3n) is 4.09. The topological polar surface area (TPSA) is 15.3 Å². The molecule has 2 heteroatoms. The maximum absolute atomic E-state index is 3.71. The van der Waals surface area contributed by atoms with Crippen LogP contribution in [0.25, 0.3) is 0 Å². The number of nitrogens with zero attached hydrogens (tertiary/aromatic N) is 1. The maximum atomic E-state index is 3.71. The molecule has 1 N–H and O–H groups in total. The van der Waals surface area contributed by atoms with E-state index in [1.807, 2.05) is 0 Å². The van der Waals surface area contributed by atoms with Crippen LogP contribution in [0.2, 0.25) is 0 Å². The molecule has 1 heterocycles. The summed E-state index contributed by atoms with van der Waals surface area (Å²) in [6, 6.07) is 7.50. The second kappa shape index (κ2) is 6.42. The van der Waals surface area contributed by atoms with E-state index >= 15 is 0 Å². The molecule has 1 atom stereocenters. The summed E-state index contributed by atoms with van der Waals surface area (Å²) in [5.74, 6) is 0.733. The molecule has 0 aromatic heterocycles. The first-order valence-corrected chi connectivity index (χ1v) is 7.62. The average molecular weight is 260 g/mol. The fourth-order valence-corrected chi connectivity index (χ4v) is 2.70. The average Bonchev–Trinajstić information content (AvgIpc) is 2.40. The third-order valence-corrected chi connectivity index (χ3v) is 4.09. The molecule has 0 amide bonds. The van der Waals surface area contributed by atoms with Crippen molar-refractivity contribution < 1.29 is 0 Å². The lowest BCUT2D eigenvalue weighted by Crippen LogP contribution is -2.46. The Morgan fingerprint density at radius 3 is 2.74 bits per heavy atom. The van der Waals surface area contributed by atoms with E-state index in [9.17, 15) is 0 Å². The van der Waals surface area contributed by atoms with E-state index < -0.39 is 0 Å². The van der Waals surface area contributed by atoms with E-state index in [0.717, 1.165) is 19.0 Å². The molecule has 1 saturated heterocycles. The van der Waals surface area contributed by atoms with Crippen LogP contribution in [0.3, 0.4) is 0 Å². The van der Waals surface area contributed by atoms with Crippen LogP contribution in [-0.2, 0) is 0 Å². The van der Waals surface area contributed by atoms with E-state index in [0.29, 0.717) is 6.04 Å². The molecule has 0 aliphatic carbocycles. The Morgan fingerprint density at radius 1 is 1.26 bits per heavy atom. The number of hydrogen-bond donors (Lipinski definition) is 1. The zero-order valence-corrected chi connectivity index (χ0v) is 12.9. The van der Waals surface area contributed by atoms with Crippen molar-refractivity contribution in [3.63, 3.8) is 0 Å². The van der Waals surface area contributed by atoms with Crippen LogP contribution in [0.4, 0.5) is 5.69 Å². The maximum Gasteiger partial charge on any atom is 0.0369 e. The van der Waals surface area contributed by atoms with Crippen LogP contribution >= 0.6 is 0 Å². The minimum atomic E-state index is 0.651. The molecule has 0 spiro atoms. The molecule has 1 aromatic carbocycles. The van der Waals surface area contributed by atoms with Crippen molar-refractivity contribution in [1.82, 2.24) is 5.32 Å². The Balaban J connectivity index is 1.98. The molecule has 106 valence electrons. The van der Waals surface area contributed by atoms with Gasteiger partial charge < -0.3 is 10.2 Å². The zero-order chi connectivity index (χ0) is 13.8. The molecular formula is C17H28N2. The van der Waals surface area contributed by atoms with E-state index in [1.165, 1.54) is 36.2 Å². The van der Waals surface area contributed by atoms with Crippen molar-refractivity contribution in [1.29, 1.82) is 0 Å². The van der Waals surface area contributed by atoms with Gasteiger partial charge in [-0.2, -0.15) is 0 Å². The van der Waals surface area contributed by atoms with Crippen molar-refractivity contribution >= 4 is 5.69 Å². The highest BCUT2D eigenvalue weighted by Gasteiger charge is 2.20. The summed E-state index contributed by atoms with van der Waals surface area (Å²) in [6.45, 7) is 12.4. The van der Waals surface area contributed by atoms with Crippen molar-refractivity contribution in [2.24, 2.45) is 5.92 Å². The minimum Gasteiger partial charge on any atom is -0.370 e. The lowest BCUT2D eigenvalue weighted by Gasteiger charge is -2.35. The summed E-state index contributed by atoms with van der Waals surface area (Å²) in [7, 11) is 0. The van der Waals surface area contributed by atoms with Crippen molar-refractivity contribution in [3.8, 4) is 0 Å². The minimum absolute atomic E-state index is 0.651. The largest absolute Gasteiger partial charge is 0.370 e. The van der Waals surface area contributed by atoms with Gasteiger partial charge in [0, 0.05) is 24.8 Å². The Hall–Kier alpha value is -1.02. The fourth-order valence-electron chi connectivity index (χ4n) is 2.70. The molecule has 19 heavy (non-hydrogen) atoms. The smallest absolute Gasteiger partial charge is 0.0369 e. The van der Waals surface area contributed by atoms with Gasteiger partial charge in [0.1, 0.15) is 0 Å². The van der Waals surface area contributed by atoms with Gasteiger partial charge in [-0.1, -0.05) is 19.9 Å². The highest BCUT2D eigenvalue weighted by Crippen LogP contribution is 2.22. The van der Waals surface area contributed by atoms with Crippen LogP contribution in [0.15, 0.2) is 18.2 Å². The molecule has 0 saturated carbocycles. The number of nitrogens with one attached hydrogen (secondary N) is 1. The van der Waals surface area contributed by atoms with Crippen LogP contribution < -0.4 is 10.2 Å². The van der Waals surface area contributed by atoms with Crippen molar-refractivity contribution in [3.05, 3.63) is 29.3 Å². The van der Waals surface area contributed by atoms with Crippen molar-refractivity contribution in [2.45, 2.75) is 46.6 Å². The summed E-state index contributed by atoms with van der Waals surface area (Å²) >= 11 is 0. The first kappa shape index (κ1) is 14.4. The molecule has 0 radical (unpaired) electrons.